The highest BCUT2D eigenvalue weighted by atomic mass is 16.2. The molecule has 15 heavy (non-hydrogen) atoms. The van der Waals surface area contributed by atoms with E-state index < -0.39 is 23.1 Å². The van der Waals surface area contributed by atoms with Gasteiger partial charge in [0.25, 0.3) is 0 Å². The monoisotopic (exact) mass is 207 g/mol. The molecule has 1 heterocycles. The van der Waals surface area contributed by atoms with Gasteiger partial charge in [-0.05, 0) is 12.8 Å². The quantitative estimate of drug-likeness (QED) is 0.545. The topological polar surface area (TPSA) is 90.3 Å². The van der Waals surface area contributed by atoms with Crippen molar-refractivity contribution in [1.82, 2.24) is 10.2 Å². The lowest BCUT2D eigenvalue weighted by Crippen LogP contribution is -2.54. The highest BCUT2D eigenvalue weighted by molar-refractivity contribution is 6.04. The van der Waals surface area contributed by atoms with Crippen molar-refractivity contribution >= 4 is 17.7 Å². The van der Waals surface area contributed by atoms with Gasteiger partial charge in [-0.1, -0.05) is 0 Å². The lowest BCUT2D eigenvalue weighted by atomic mass is 10.1. The van der Waals surface area contributed by atoms with Gasteiger partial charge in [0.2, 0.25) is 17.7 Å². The first kappa shape index (κ1) is 9.65. The van der Waals surface area contributed by atoms with E-state index in [1.165, 1.54) is 0 Å². The molecule has 1 saturated carbocycles. The Labute approximate surface area is 85.8 Å². The van der Waals surface area contributed by atoms with Crippen molar-refractivity contribution < 1.29 is 14.4 Å². The van der Waals surface area contributed by atoms with E-state index in [2.05, 4.69) is 5.32 Å². The molecule has 0 aromatic heterocycles. The average molecular weight is 207 g/mol. The number of amides is 3. The zero-order valence-corrected chi connectivity index (χ0v) is 7.95. The Kier molecular flexibility index (Phi) is 1.96. The van der Waals surface area contributed by atoms with Crippen LogP contribution >= 0.6 is 0 Å². The molecule has 6 heteroatoms. The zero-order chi connectivity index (χ0) is 11.1. The highest BCUT2D eigenvalue weighted by Crippen LogP contribution is 2.46. The first-order valence-electron chi connectivity index (χ1n) is 4.61. The second-order valence-corrected chi connectivity index (χ2v) is 3.83. The number of rotatable bonds is 1. The van der Waals surface area contributed by atoms with Crippen LogP contribution in [-0.2, 0) is 14.4 Å². The summed E-state index contributed by atoms with van der Waals surface area (Å²) in [6.45, 7) is -0.262. The van der Waals surface area contributed by atoms with Crippen LogP contribution < -0.4 is 5.32 Å². The van der Waals surface area contributed by atoms with E-state index in [0.29, 0.717) is 12.8 Å². The molecule has 1 N–H and O–H groups in total. The molecule has 0 aromatic rings. The number of carbonyl (C=O) groups excluding carboxylic acids is 3. The molecule has 0 spiro atoms. The second-order valence-electron chi connectivity index (χ2n) is 3.83. The van der Waals surface area contributed by atoms with E-state index in [-0.39, 0.29) is 13.1 Å². The van der Waals surface area contributed by atoms with E-state index in [0.717, 1.165) is 4.90 Å². The van der Waals surface area contributed by atoms with E-state index in [1.54, 1.807) is 0 Å². The van der Waals surface area contributed by atoms with E-state index in [1.807, 2.05) is 6.07 Å². The average Bonchev–Trinajstić information content (AvgIpc) is 2.95. The van der Waals surface area contributed by atoms with Crippen LogP contribution in [0.1, 0.15) is 12.8 Å². The summed E-state index contributed by atoms with van der Waals surface area (Å²) in [6.07, 6.45) is 1.04. The highest BCUT2D eigenvalue weighted by Gasteiger charge is 2.53. The lowest BCUT2D eigenvalue weighted by Gasteiger charge is -2.26. The number of piperazine rings is 1. The van der Waals surface area contributed by atoms with Gasteiger partial charge in [0, 0.05) is 0 Å². The maximum absolute atomic E-state index is 11.8. The number of hydrogen-bond acceptors (Lipinski definition) is 4. The van der Waals surface area contributed by atoms with Crippen LogP contribution in [-0.4, -0.2) is 35.7 Å². The van der Waals surface area contributed by atoms with E-state index in [9.17, 15) is 14.4 Å². The minimum absolute atomic E-state index is 0.131. The van der Waals surface area contributed by atoms with Crippen LogP contribution in [0.2, 0.25) is 0 Å². The molecular weight excluding hydrogens is 198 g/mol. The van der Waals surface area contributed by atoms with Crippen LogP contribution in [0.5, 0.6) is 0 Å². The minimum atomic E-state index is -0.960. The fourth-order valence-electron chi connectivity index (χ4n) is 1.58. The number of hydrogen-bond donors (Lipinski definition) is 1. The first-order valence-corrected chi connectivity index (χ1v) is 4.61. The molecule has 0 radical (unpaired) electrons. The predicted octanol–water partition coefficient (Wildman–Crippen LogP) is -1.22. The van der Waals surface area contributed by atoms with Gasteiger partial charge in [0.15, 0.2) is 0 Å². The summed E-state index contributed by atoms with van der Waals surface area (Å²) in [5, 5.41) is 10.9. The normalized spacial score (nSPS) is 23.0. The molecule has 0 aromatic carbocycles. The Hall–Kier alpha value is -1.90. The van der Waals surface area contributed by atoms with E-state index >= 15 is 0 Å². The van der Waals surface area contributed by atoms with Crippen LogP contribution in [0.4, 0.5) is 0 Å². The lowest BCUT2D eigenvalue weighted by molar-refractivity contribution is -0.147. The van der Waals surface area contributed by atoms with Crippen LogP contribution in [0.25, 0.3) is 0 Å². The number of carbonyl (C=O) groups is 3. The standard InChI is InChI=1S/C9H9N3O3/c10-5-9(1-2-9)8(15)12-3-6(13)11-7(14)4-12/h1-4H2,(H,11,13,14). The van der Waals surface area contributed by atoms with Gasteiger partial charge in [-0.15, -0.1) is 0 Å². The fraction of sp³-hybridized carbons (Fsp3) is 0.556. The Morgan fingerprint density at radius 2 is 1.87 bits per heavy atom. The molecule has 0 atom stereocenters. The third-order valence-electron chi connectivity index (χ3n) is 2.61. The van der Waals surface area contributed by atoms with Crippen molar-refractivity contribution in [2.24, 2.45) is 5.41 Å². The summed E-state index contributed by atoms with van der Waals surface area (Å²) in [5.41, 5.74) is -0.960. The summed E-state index contributed by atoms with van der Waals surface area (Å²) in [4.78, 5) is 35.0. The van der Waals surface area contributed by atoms with Gasteiger partial charge in [0.05, 0.1) is 6.07 Å². The summed E-state index contributed by atoms with van der Waals surface area (Å²) in [7, 11) is 0. The van der Waals surface area contributed by atoms with Crippen LogP contribution in [0.3, 0.4) is 0 Å². The first-order chi connectivity index (χ1) is 7.07. The molecule has 0 bridgehead atoms. The van der Waals surface area contributed by atoms with Gasteiger partial charge in [0.1, 0.15) is 18.5 Å². The summed E-state index contributed by atoms with van der Waals surface area (Å²) >= 11 is 0. The van der Waals surface area contributed by atoms with Gasteiger partial charge >= 0.3 is 0 Å². The largest absolute Gasteiger partial charge is 0.323 e. The zero-order valence-electron chi connectivity index (χ0n) is 7.95. The van der Waals surface area contributed by atoms with Gasteiger partial charge < -0.3 is 4.90 Å². The fourth-order valence-corrected chi connectivity index (χ4v) is 1.58. The van der Waals surface area contributed by atoms with Crippen molar-refractivity contribution in [1.29, 1.82) is 5.26 Å². The predicted molar refractivity (Wildman–Crippen MR) is 47.0 cm³/mol. The van der Waals surface area contributed by atoms with Crippen molar-refractivity contribution in [2.45, 2.75) is 12.8 Å². The Balaban J connectivity index is 2.11. The van der Waals surface area contributed by atoms with Gasteiger partial charge in [-0.3, -0.25) is 19.7 Å². The van der Waals surface area contributed by atoms with Crippen molar-refractivity contribution in [2.75, 3.05) is 13.1 Å². The second kappa shape index (κ2) is 3.05. The number of imide groups is 1. The third kappa shape index (κ3) is 1.56. The van der Waals surface area contributed by atoms with Crippen molar-refractivity contribution in [3.8, 4) is 6.07 Å². The molecule has 2 fully saturated rings. The Bertz CT molecular complexity index is 376. The summed E-state index contributed by atoms with van der Waals surface area (Å²) < 4.78 is 0. The summed E-state index contributed by atoms with van der Waals surface area (Å²) in [5.74, 6) is -1.38. The molecule has 1 aliphatic carbocycles. The van der Waals surface area contributed by atoms with Crippen molar-refractivity contribution in [3.63, 3.8) is 0 Å². The maximum atomic E-state index is 11.8. The number of nitrogens with zero attached hydrogens (tertiary/aromatic N) is 2. The molecule has 2 aliphatic rings. The minimum Gasteiger partial charge on any atom is -0.323 e. The van der Waals surface area contributed by atoms with E-state index in [4.69, 9.17) is 5.26 Å². The molecule has 78 valence electrons. The SMILES string of the molecule is N#CC1(C(=O)N2CC(=O)NC(=O)C2)CC1. The number of nitrogens with one attached hydrogen (secondary N) is 1. The van der Waals surface area contributed by atoms with Crippen LogP contribution in [0, 0.1) is 16.7 Å². The molecule has 1 saturated heterocycles. The van der Waals surface area contributed by atoms with Crippen molar-refractivity contribution in [3.05, 3.63) is 0 Å². The van der Waals surface area contributed by atoms with Crippen LogP contribution in [0.15, 0.2) is 0 Å². The Morgan fingerprint density at radius 1 is 1.33 bits per heavy atom. The van der Waals surface area contributed by atoms with Gasteiger partial charge in [-0.2, -0.15) is 5.26 Å². The molecule has 2 rings (SSSR count). The smallest absolute Gasteiger partial charge is 0.246 e. The summed E-state index contributed by atoms with van der Waals surface area (Å²) in [6, 6.07) is 1.94. The molecule has 6 nitrogen and oxygen atoms in total. The number of nitriles is 1. The van der Waals surface area contributed by atoms with Gasteiger partial charge in [-0.25, -0.2) is 0 Å². The maximum Gasteiger partial charge on any atom is 0.246 e. The molecule has 3 amide bonds. The Morgan fingerprint density at radius 3 is 2.27 bits per heavy atom. The molecule has 0 unspecified atom stereocenters. The third-order valence-corrected chi connectivity index (χ3v) is 2.61. The molecule has 1 aliphatic heterocycles. The molecular formula is C9H9N3O3.